The Morgan fingerprint density at radius 2 is 2.11 bits per heavy atom. The van der Waals surface area contributed by atoms with E-state index in [0.717, 1.165) is 24.5 Å². The van der Waals surface area contributed by atoms with E-state index in [4.69, 9.17) is 11.6 Å². The van der Waals surface area contributed by atoms with Crippen molar-refractivity contribution >= 4 is 11.6 Å². The quantitative estimate of drug-likeness (QED) is 0.896. The molecule has 6 heteroatoms. The zero-order valence-electron chi connectivity index (χ0n) is 10.9. The fourth-order valence-electron chi connectivity index (χ4n) is 1.93. The average Bonchev–Trinajstić information content (AvgIpc) is 2.86. The first-order valence-electron chi connectivity index (χ1n) is 6.00. The van der Waals surface area contributed by atoms with Crippen LogP contribution in [0.5, 0.6) is 0 Å². The van der Waals surface area contributed by atoms with Gasteiger partial charge in [0.05, 0.1) is 18.4 Å². The van der Waals surface area contributed by atoms with E-state index in [1.807, 2.05) is 23.3 Å². The maximum Gasteiger partial charge on any atom is 0.128 e. The first-order chi connectivity index (χ1) is 8.61. The third-order valence-corrected chi connectivity index (χ3v) is 3.30. The van der Waals surface area contributed by atoms with Crippen LogP contribution in [0.25, 0.3) is 0 Å². The van der Waals surface area contributed by atoms with E-state index in [1.165, 1.54) is 5.56 Å². The van der Waals surface area contributed by atoms with E-state index in [2.05, 4.69) is 28.5 Å². The van der Waals surface area contributed by atoms with Gasteiger partial charge in [-0.15, -0.1) is 0 Å². The number of imidazole rings is 1. The van der Waals surface area contributed by atoms with Crippen LogP contribution in [0.1, 0.15) is 24.0 Å². The monoisotopic (exact) mass is 267 g/mol. The smallest absolute Gasteiger partial charge is 0.128 e. The normalized spacial score (nSPS) is 11.1. The lowest BCUT2D eigenvalue weighted by Gasteiger charge is -2.05. The van der Waals surface area contributed by atoms with Gasteiger partial charge in [0.2, 0.25) is 0 Å². The summed E-state index contributed by atoms with van der Waals surface area (Å²) in [6.45, 7) is 3.60. The molecule has 0 radical (unpaired) electrons. The molecule has 0 aliphatic carbocycles. The Labute approximate surface area is 112 Å². The molecule has 18 heavy (non-hydrogen) atoms. The van der Waals surface area contributed by atoms with Crippen molar-refractivity contribution in [2.75, 3.05) is 0 Å². The third-order valence-electron chi connectivity index (χ3n) is 2.95. The van der Waals surface area contributed by atoms with Gasteiger partial charge in [-0.05, 0) is 6.42 Å². The highest BCUT2D eigenvalue weighted by molar-refractivity contribution is 6.29. The molecule has 1 N–H and O–H groups in total. The molecule has 0 amide bonds. The summed E-state index contributed by atoms with van der Waals surface area (Å²) in [6.07, 6.45) is 4.67. The second-order valence-electron chi connectivity index (χ2n) is 4.29. The van der Waals surface area contributed by atoms with Crippen molar-refractivity contribution < 1.29 is 0 Å². The number of nitrogens with zero attached hydrogens (tertiary/aromatic N) is 4. The lowest BCUT2D eigenvalue weighted by molar-refractivity contribution is 0.636. The lowest BCUT2D eigenvalue weighted by Crippen LogP contribution is -2.16. The molecule has 0 spiro atoms. The van der Waals surface area contributed by atoms with Crippen molar-refractivity contribution in [3.63, 3.8) is 0 Å². The van der Waals surface area contributed by atoms with Crippen molar-refractivity contribution in [1.82, 2.24) is 24.6 Å². The van der Waals surface area contributed by atoms with E-state index in [9.17, 15) is 0 Å². The molecule has 5 nitrogen and oxygen atoms in total. The topological polar surface area (TPSA) is 47.7 Å². The molecule has 0 saturated carbocycles. The summed E-state index contributed by atoms with van der Waals surface area (Å²) in [6, 6.07) is 0. The molecular weight excluding hydrogens is 250 g/mol. The molecule has 0 atom stereocenters. The van der Waals surface area contributed by atoms with Crippen LogP contribution in [-0.2, 0) is 33.6 Å². The molecule has 0 aliphatic rings. The molecule has 2 rings (SSSR count). The van der Waals surface area contributed by atoms with Gasteiger partial charge in [-0.25, -0.2) is 4.98 Å². The highest BCUT2D eigenvalue weighted by Gasteiger charge is 2.07. The third kappa shape index (κ3) is 2.73. The zero-order valence-corrected chi connectivity index (χ0v) is 11.7. The molecule has 0 aliphatic heterocycles. The Balaban J connectivity index is 1.94. The van der Waals surface area contributed by atoms with Crippen molar-refractivity contribution in [2.24, 2.45) is 14.1 Å². The van der Waals surface area contributed by atoms with E-state index < -0.39 is 0 Å². The first kappa shape index (κ1) is 13.1. The number of hydrogen-bond donors (Lipinski definition) is 1. The average molecular weight is 268 g/mol. The van der Waals surface area contributed by atoms with Gasteiger partial charge in [0, 0.05) is 32.4 Å². The van der Waals surface area contributed by atoms with Crippen LogP contribution in [0.15, 0.2) is 12.4 Å². The number of aryl methyl sites for hydroxylation is 2. The summed E-state index contributed by atoms with van der Waals surface area (Å²) >= 11 is 5.94. The van der Waals surface area contributed by atoms with Crippen LogP contribution in [0, 0.1) is 0 Å². The van der Waals surface area contributed by atoms with Crippen LogP contribution in [0.2, 0.25) is 5.15 Å². The van der Waals surface area contributed by atoms with Gasteiger partial charge >= 0.3 is 0 Å². The molecular formula is C12H18ClN5. The van der Waals surface area contributed by atoms with Crippen molar-refractivity contribution in [1.29, 1.82) is 0 Å². The summed E-state index contributed by atoms with van der Waals surface area (Å²) in [4.78, 5) is 4.24. The lowest BCUT2D eigenvalue weighted by atomic mass is 10.2. The molecule has 2 heterocycles. The molecule has 98 valence electrons. The maximum atomic E-state index is 5.94. The zero-order chi connectivity index (χ0) is 13.1. The second-order valence-corrected chi connectivity index (χ2v) is 4.68. The van der Waals surface area contributed by atoms with Crippen LogP contribution < -0.4 is 5.32 Å². The fourth-order valence-corrected chi connectivity index (χ4v) is 2.07. The summed E-state index contributed by atoms with van der Waals surface area (Å²) in [5.41, 5.74) is 2.38. The highest BCUT2D eigenvalue weighted by atomic mass is 35.5. The fraction of sp³-hybridized carbons (Fsp3) is 0.500. The van der Waals surface area contributed by atoms with E-state index >= 15 is 0 Å². The minimum absolute atomic E-state index is 0.655. The predicted octanol–water partition coefficient (Wildman–Crippen LogP) is 1.66. The van der Waals surface area contributed by atoms with Gasteiger partial charge < -0.3 is 9.88 Å². The van der Waals surface area contributed by atoms with Gasteiger partial charge in [-0.1, -0.05) is 18.5 Å². The van der Waals surface area contributed by atoms with E-state index in [1.54, 1.807) is 6.20 Å². The second kappa shape index (κ2) is 5.54. The Kier molecular flexibility index (Phi) is 4.04. The predicted molar refractivity (Wildman–Crippen MR) is 71.3 cm³/mol. The Bertz CT molecular complexity index is 529. The summed E-state index contributed by atoms with van der Waals surface area (Å²) in [7, 11) is 3.86. The molecule has 0 bridgehead atoms. The van der Waals surface area contributed by atoms with Crippen LogP contribution >= 0.6 is 11.6 Å². The van der Waals surface area contributed by atoms with Gasteiger partial charge in [-0.2, -0.15) is 5.10 Å². The van der Waals surface area contributed by atoms with Crippen molar-refractivity contribution in [3.05, 3.63) is 34.6 Å². The standard InChI is InChI=1S/C12H18ClN5/c1-4-10-9(8-17(2)16-10)5-14-7-12-15-6-11(13)18(12)3/h6,8,14H,4-5,7H2,1-3H3. The number of halogens is 1. The maximum absolute atomic E-state index is 5.94. The Hall–Kier alpha value is -1.33. The molecule has 0 fully saturated rings. The molecule has 0 aromatic carbocycles. The first-order valence-corrected chi connectivity index (χ1v) is 6.37. The largest absolute Gasteiger partial charge is 0.321 e. The molecule has 0 unspecified atom stereocenters. The number of hydrogen-bond acceptors (Lipinski definition) is 3. The van der Waals surface area contributed by atoms with Crippen LogP contribution in [0.3, 0.4) is 0 Å². The number of rotatable bonds is 5. The SMILES string of the molecule is CCc1nn(C)cc1CNCc1ncc(Cl)n1C. The summed E-state index contributed by atoms with van der Waals surface area (Å²) in [5.74, 6) is 0.932. The minimum Gasteiger partial charge on any atom is -0.321 e. The number of aromatic nitrogens is 4. The highest BCUT2D eigenvalue weighted by Crippen LogP contribution is 2.10. The van der Waals surface area contributed by atoms with Crippen molar-refractivity contribution in [3.8, 4) is 0 Å². The van der Waals surface area contributed by atoms with Gasteiger partial charge in [0.1, 0.15) is 11.0 Å². The Morgan fingerprint density at radius 3 is 2.72 bits per heavy atom. The van der Waals surface area contributed by atoms with Crippen molar-refractivity contribution in [2.45, 2.75) is 26.4 Å². The summed E-state index contributed by atoms with van der Waals surface area (Å²) < 4.78 is 3.73. The molecule has 2 aromatic rings. The number of nitrogens with one attached hydrogen (secondary N) is 1. The van der Waals surface area contributed by atoms with Gasteiger partial charge in [0.15, 0.2) is 0 Å². The van der Waals surface area contributed by atoms with Crippen LogP contribution in [0.4, 0.5) is 0 Å². The van der Waals surface area contributed by atoms with E-state index in [0.29, 0.717) is 11.7 Å². The summed E-state index contributed by atoms with van der Waals surface area (Å²) in [5, 5.41) is 8.43. The molecule has 2 aromatic heterocycles. The minimum atomic E-state index is 0.655. The van der Waals surface area contributed by atoms with Gasteiger partial charge in [-0.3, -0.25) is 4.68 Å². The molecule has 0 saturated heterocycles. The van der Waals surface area contributed by atoms with Crippen LogP contribution in [-0.4, -0.2) is 19.3 Å². The Morgan fingerprint density at radius 1 is 1.33 bits per heavy atom. The van der Waals surface area contributed by atoms with Gasteiger partial charge in [0.25, 0.3) is 0 Å². The van der Waals surface area contributed by atoms with E-state index in [-0.39, 0.29) is 0 Å².